The molecule has 1 aliphatic heterocycles. The molecular weight excluding hydrogens is 238 g/mol. The van der Waals surface area contributed by atoms with E-state index in [1.165, 1.54) is 38.5 Å². The molecule has 1 aromatic heterocycles. The third-order valence-corrected chi connectivity index (χ3v) is 4.35. The predicted octanol–water partition coefficient (Wildman–Crippen LogP) is 2.66. The van der Waals surface area contributed by atoms with Crippen molar-refractivity contribution in [1.29, 1.82) is 0 Å². The number of nitrogens with zero attached hydrogens (tertiary/aromatic N) is 2. The quantitative estimate of drug-likeness (QED) is 0.906. The Labute approximate surface area is 114 Å². The summed E-state index contributed by atoms with van der Waals surface area (Å²) in [4.78, 5) is 21.6. The number of piperidine rings is 1. The maximum atomic E-state index is 11.7. The van der Waals surface area contributed by atoms with Crippen LogP contribution in [-0.4, -0.2) is 23.1 Å². The second-order valence-electron chi connectivity index (χ2n) is 5.98. The van der Waals surface area contributed by atoms with Crippen LogP contribution in [0, 0.1) is 5.92 Å². The van der Waals surface area contributed by atoms with E-state index >= 15 is 0 Å². The number of hydrogen-bond acceptors (Lipinski definition) is 3. The third kappa shape index (κ3) is 2.99. The molecule has 1 N–H and O–H groups in total. The predicted molar refractivity (Wildman–Crippen MR) is 76.7 cm³/mol. The van der Waals surface area contributed by atoms with Gasteiger partial charge in [0.05, 0.1) is 0 Å². The van der Waals surface area contributed by atoms with E-state index < -0.39 is 0 Å². The average Bonchev–Trinajstić information content (AvgIpc) is 3.23. The smallest absolute Gasteiger partial charge is 0.252 e. The van der Waals surface area contributed by atoms with Crippen molar-refractivity contribution in [3.8, 4) is 0 Å². The highest BCUT2D eigenvalue weighted by atomic mass is 16.1. The third-order valence-electron chi connectivity index (χ3n) is 4.35. The van der Waals surface area contributed by atoms with Gasteiger partial charge in [0.1, 0.15) is 11.6 Å². The molecule has 0 spiro atoms. The summed E-state index contributed by atoms with van der Waals surface area (Å²) >= 11 is 0. The minimum atomic E-state index is 0.00239. The molecule has 1 saturated heterocycles. The average molecular weight is 261 g/mol. The summed E-state index contributed by atoms with van der Waals surface area (Å²) in [6.45, 7) is 4.35. The molecule has 2 heterocycles. The van der Waals surface area contributed by atoms with E-state index in [2.05, 4.69) is 21.8 Å². The fraction of sp³-hybridized carbons (Fsp3) is 0.733. The van der Waals surface area contributed by atoms with Gasteiger partial charge in [-0.15, -0.1) is 0 Å². The number of nitrogens with one attached hydrogen (secondary N) is 1. The Kier molecular flexibility index (Phi) is 3.58. The van der Waals surface area contributed by atoms with Gasteiger partial charge in [0.25, 0.3) is 5.56 Å². The highest BCUT2D eigenvalue weighted by Crippen LogP contribution is 2.38. The van der Waals surface area contributed by atoms with Crippen LogP contribution in [0.15, 0.2) is 10.9 Å². The van der Waals surface area contributed by atoms with Crippen molar-refractivity contribution in [2.45, 2.75) is 51.4 Å². The number of aromatic nitrogens is 2. The molecule has 0 unspecified atom stereocenters. The van der Waals surface area contributed by atoms with Gasteiger partial charge in [-0.1, -0.05) is 19.8 Å². The van der Waals surface area contributed by atoms with Gasteiger partial charge in [-0.05, 0) is 31.6 Å². The van der Waals surface area contributed by atoms with Crippen LogP contribution in [0.5, 0.6) is 0 Å². The monoisotopic (exact) mass is 261 g/mol. The van der Waals surface area contributed by atoms with Crippen molar-refractivity contribution in [3.63, 3.8) is 0 Å². The van der Waals surface area contributed by atoms with Crippen LogP contribution >= 0.6 is 0 Å². The number of hydrogen-bond donors (Lipinski definition) is 1. The van der Waals surface area contributed by atoms with Crippen LogP contribution < -0.4 is 10.5 Å². The zero-order chi connectivity index (χ0) is 13.2. The van der Waals surface area contributed by atoms with Gasteiger partial charge in [-0.2, -0.15) is 0 Å². The fourth-order valence-corrected chi connectivity index (χ4v) is 3.03. The van der Waals surface area contributed by atoms with Gasteiger partial charge in [0, 0.05) is 25.1 Å². The minimum Gasteiger partial charge on any atom is -0.356 e. The first-order chi connectivity index (χ1) is 9.26. The van der Waals surface area contributed by atoms with Crippen LogP contribution in [0.4, 0.5) is 5.82 Å². The molecule has 1 aromatic rings. The Bertz CT molecular complexity index is 484. The lowest BCUT2D eigenvalue weighted by atomic mass is 9.92. The molecule has 104 valence electrons. The summed E-state index contributed by atoms with van der Waals surface area (Å²) in [6, 6.07) is 1.66. The zero-order valence-electron chi connectivity index (χ0n) is 11.7. The van der Waals surface area contributed by atoms with E-state index in [0.29, 0.717) is 5.92 Å². The van der Waals surface area contributed by atoms with Gasteiger partial charge in [-0.25, -0.2) is 4.98 Å². The Morgan fingerprint density at radius 3 is 2.68 bits per heavy atom. The van der Waals surface area contributed by atoms with E-state index in [4.69, 9.17) is 0 Å². The van der Waals surface area contributed by atoms with Gasteiger partial charge in [-0.3, -0.25) is 4.79 Å². The molecular formula is C15H23N3O. The second kappa shape index (κ2) is 5.35. The standard InChI is InChI=1S/C15H23N3O/c1-2-3-11-6-8-18(9-7-11)13-10-14(19)17-15(16-13)12-4-5-12/h10-12H,2-9H2,1H3,(H,16,17,19). The number of aromatic amines is 1. The summed E-state index contributed by atoms with van der Waals surface area (Å²) in [5.74, 6) is 3.16. The molecule has 2 fully saturated rings. The Morgan fingerprint density at radius 1 is 1.32 bits per heavy atom. The molecule has 4 heteroatoms. The lowest BCUT2D eigenvalue weighted by molar-refractivity contribution is 0.377. The lowest BCUT2D eigenvalue weighted by Crippen LogP contribution is -2.35. The normalized spacial score (nSPS) is 20.8. The van der Waals surface area contributed by atoms with E-state index in [0.717, 1.165) is 30.6 Å². The number of anilines is 1. The molecule has 3 rings (SSSR count). The van der Waals surface area contributed by atoms with E-state index in [9.17, 15) is 4.79 Å². The van der Waals surface area contributed by atoms with Crippen LogP contribution in [0.1, 0.15) is 57.2 Å². The minimum absolute atomic E-state index is 0.00239. The zero-order valence-corrected chi connectivity index (χ0v) is 11.7. The summed E-state index contributed by atoms with van der Waals surface area (Å²) in [5, 5.41) is 0. The molecule has 0 radical (unpaired) electrons. The van der Waals surface area contributed by atoms with Crippen molar-refractivity contribution in [2.75, 3.05) is 18.0 Å². The van der Waals surface area contributed by atoms with Crippen LogP contribution in [0.25, 0.3) is 0 Å². The summed E-state index contributed by atoms with van der Waals surface area (Å²) in [6.07, 6.45) is 7.43. The molecule has 19 heavy (non-hydrogen) atoms. The SMILES string of the molecule is CCCC1CCN(c2cc(=O)[nH]c(C3CC3)n2)CC1. The van der Waals surface area contributed by atoms with E-state index in [1.54, 1.807) is 6.07 Å². The van der Waals surface area contributed by atoms with Crippen LogP contribution in [-0.2, 0) is 0 Å². The van der Waals surface area contributed by atoms with Crippen molar-refractivity contribution in [3.05, 3.63) is 22.2 Å². The molecule has 4 nitrogen and oxygen atoms in total. The Hall–Kier alpha value is -1.32. The highest BCUT2D eigenvalue weighted by Gasteiger charge is 2.27. The molecule has 0 bridgehead atoms. The molecule has 2 aliphatic rings. The van der Waals surface area contributed by atoms with Crippen LogP contribution in [0.2, 0.25) is 0 Å². The van der Waals surface area contributed by atoms with Gasteiger partial charge in [0.15, 0.2) is 0 Å². The first-order valence-corrected chi connectivity index (χ1v) is 7.62. The summed E-state index contributed by atoms with van der Waals surface area (Å²) in [7, 11) is 0. The fourth-order valence-electron chi connectivity index (χ4n) is 3.03. The van der Waals surface area contributed by atoms with E-state index in [-0.39, 0.29) is 5.56 Å². The summed E-state index contributed by atoms with van der Waals surface area (Å²) < 4.78 is 0. The first kappa shape index (κ1) is 12.7. The Balaban J connectivity index is 1.70. The molecule has 0 aromatic carbocycles. The van der Waals surface area contributed by atoms with E-state index in [1.807, 2.05) is 0 Å². The van der Waals surface area contributed by atoms with Gasteiger partial charge in [0.2, 0.25) is 0 Å². The second-order valence-corrected chi connectivity index (χ2v) is 5.98. The molecule has 1 saturated carbocycles. The lowest BCUT2D eigenvalue weighted by Gasteiger charge is -2.32. The van der Waals surface area contributed by atoms with Crippen LogP contribution in [0.3, 0.4) is 0 Å². The highest BCUT2D eigenvalue weighted by molar-refractivity contribution is 5.38. The Morgan fingerprint density at radius 2 is 2.05 bits per heavy atom. The molecule has 0 atom stereocenters. The van der Waals surface area contributed by atoms with Crippen molar-refractivity contribution in [2.24, 2.45) is 5.92 Å². The van der Waals surface area contributed by atoms with Crippen molar-refractivity contribution >= 4 is 5.82 Å². The number of rotatable bonds is 4. The van der Waals surface area contributed by atoms with Crippen molar-refractivity contribution < 1.29 is 0 Å². The van der Waals surface area contributed by atoms with Gasteiger partial charge < -0.3 is 9.88 Å². The molecule has 1 aliphatic carbocycles. The largest absolute Gasteiger partial charge is 0.356 e. The molecule has 0 amide bonds. The first-order valence-electron chi connectivity index (χ1n) is 7.62. The van der Waals surface area contributed by atoms with Crippen molar-refractivity contribution in [1.82, 2.24) is 9.97 Å². The maximum Gasteiger partial charge on any atom is 0.252 e. The summed E-state index contributed by atoms with van der Waals surface area (Å²) in [5.41, 5.74) is 0.00239. The van der Waals surface area contributed by atoms with Gasteiger partial charge >= 0.3 is 0 Å². The maximum absolute atomic E-state index is 11.7. The number of H-pyrrole nitrogens is 1. The topological polar surface area (TPSA) is 49.0 Å².